The van der Waals surface area contributed by atoms with E-state index in [2.05, 4.69) is 10.3 Å². The highest BCUT2D eigenvalue weighted by Gasteiger charge is 2.13. The van der Waals surface area contributed by atoms with Gasteiger partial charge in [-0.15, -0.1) is 0 Å². The average molecular weight is 225 g/mol. The van der Waals surface area contributed by atoms with Gasteiger partial charge in [-0.25, -0.2) is 4.98 Å². The molecule has 1 atom stereocenters. The normalized spacial score (nSPS) is 12.5. The minimum absolute atomic E-state index is 0.157. The molecule has 0 aliphatic carbocycles. The number of amides is 1. The van der Waals surface area contributed by atoms with Gasteiger partial charge in [0.1, 0.15) is 5.76 Å². The molecule has 0 saturated carbocycles. The van der Waals surface area contributed by atoms with Crippen LogP contribution in [-0.2, 0) is 11.3 Å². The van der Waals surface area contributed by atoms with Crippen LogP contribution in [0.2, 0.25) is 0 Å². The second-order valence-corrected chi connectivity index (χ2v) is 3.86. The van der Waals surface area contributed by atoms with Crippen LogP contribution in [0.25, 0.3) is 0 Å². The van der Waals surface area contributed by atoms with Gasteiger partial charge in [0.05, 0.1) is 18.3 Å². The molecule has 0 saturated heterocycles. The quantitative estimate of drug-likeness (QED) is 0.784. The minimum Gasteiger partial charge on any atom is -0.444 e. The molecule has 90 valence electrons. The van der Waals surface area contributed by atoms with Gasteiger partial charge in [-0.05, 0) is 20.3 Å². The Morgan fingerprint density at radius 1 is 1.56 bits per heavy atom. The summed E-state index contributed by atoms with van der Waals surface area (Å²) in [6.07, 6.45) is 1.58. The second-order valence-electron chi connectivity index (χ2n) is 3.86. The van der Waals surface area contributed by atoms with E-state index in [0.29, 0.717) is 18.9 Å². The fraction of sp³-hybridized carbons (Fsp3) is 0.636. The number of nitrogens with two attached hydrogens (primary N) is 1. The van der Waals surface area contributed by atoms with Crippen LogP contribution in [0.5, 0.6) is 0 Å². The number of carbonyl (C=O) groups is 1. The Hall–Kier alpha value is -1.36. The Labute approximate surface area is 95.4 Å². The Morgan fingerprint density at radius 3 is 2.75 bits per heavy atom. The zero-order valence-electron chi connectivity index (χ0n) is 10.0. The van der Waals surface area contributed by atoms with E-state index in [1.54, 1.807) is 0 Å². The van der Waals surface area contributed by atoms with Crippen molar-refractivity contribution in [1.82, 2.24) is 10.3 Å². The molecule has 1 rings (SSSR count). The van der Waals surface area contributed by atoms with Gasteiger partial charge in [-0.1, -0.05) is 13.3 Å². The summed E-state index contributed by atoms with van der Waals surface area (Å²) in [5, 5.41) is 2.70. The summed E-state index contributed by atoms with van der Waals surface area (Å²) in [7, 11) is 0. The molecule has 0 aliphatic rings. The van der Waals surface area contributed by atoms with Crippen LogP contribution >= 0.6 is 0 Å². The molecule has 0 spiro atoms. The predicted octanol–water partition coefficient (Wildman–Crippen LogP) is 1.04. The molecule has 0 bridgehead atoms. The van der Waals surface area contributed by atoms with Crippen LogP contribution < -0.4 is 11.1 Å². The summed E-state index contributed by atoms with van der Waals surface area (Å²) in [5.74, 6) is 1.14. The van der Waals surface area contributed by atoms with Crippen molar-refractivity contribution in [3.05, 3.63) is 17.3 Å². The van der Waals surface area contributed by atoms with E-state index >= 15 is 0 Å². The van der Waals surface area contributed by atoms with E-state index in [-0.39, 0.29) is 5.91 Å². The number of oxazole rings is 1. The van der Waals surface area contributed by atoms with Crippen molar-refractivity contribution in [3.8, 4) is 0 Å². The Morgan fingerprint density at radius 2 is 2.25 bits per heavy atom. The number of aromatic nitrogens is 1. The maximum absolute atomic E-state index is 11.5. The van der Waals surface area contributed by atoms with Crippen molar-refractivity contribution >= 4 is 5.91 Å². The highest BCUT2D eigenvalue weighted by atomic mass is 16.4. The number of nitrogens with zero attached hydrogens (tertiary/aromatic N) is 1. The number of aryl methyl sites for hydroxylation is 2. The molecule has 16 heavy (non-hydrogen) atoms. The number of hydrogen-bond acceptors (Lipinski definition) is 4. The molecule has 1 aromatic rings. The maximum atomic E-state index is 11.5. The Bertz CT molecular complexity index is 341. The highest BCUT2D eigenvalue weighted by Crippen LogP contribution is 2.07. The van der Waals surface area contributed by atoms with Crippen LogP contribution in [0.4, 0.5) is 0 Å². The predicted molar refractivity (Wildman–Crippen MR) is 60.7 cm³/mol. The first kappa shape index (κ1) is 12.7. The van der Waals surface area contributed by atoms with Crippen molar-refractivity contribution in [2.24, 2.45) is 5.73 Å². The summed E-state index contributed by atoms with van der Waals surface area (Å²) in [4.78, 5) is 15.7. The first-order valence-electron chi connectivity index (χ1n) is 5.50. The van der Waals surface area contributed by atoms with Crippen LogP contribution in [0.1, 0.15) is 37.1 Å². The van der Waals surface area contributed by atoms with Crippen molar-refractivity contribution < 1.29 is 9.21 Å². The highest BCUT2D eigenvalue weighted by molar-refractivity contribution is 5.81. The lowest BCUT2D eigenvalue weighted by molar-refractivity contribution is -0.122. The first-order chi connectivity index (χ1) is 7.54. The standard InChI is InChI=1S/C11H19N3O2/c1-4-5-9(12)11(15)13-6-10-14-7(2)8(3)16-10/h9H,4-6,12H2,1-3H3,(H,13,15)/t9-/m1/s1. The number of nitrogens with one attached hydrogen (secondary N) is 1. The van der Waals surface area contributed by atoms with Crippen molar-refractivity contribution in [1.29, 1.82) is 0 Å². The largest absolute Gasteiger partial charge is 0.444 e. The molecule has 1 aromatic heterocycles. The molecule has 1 heterocycles. The lowest BCUT2D eigenvalue weighted by Gasteiger charge is -2.09. The lowest BCUT2D eigenvalue weighted by atomic mass is 10.2. The van der Waals surface area contributed by atoms with E-state index in [9.17, 15) is 4.79 Å². The summed E-state index contributed by atoms with van der Waals surface area (Å²) in [6, 6.07) is -0.442. The zero-order valence-corrected chi connectivity index (χ0v) is 10.0. The van der Waals surface area contributed by atoms with Crippen LogP contribution in [0, 0.1) is 13.8 Å². The number of rotatable bonds is 5. The molecule has 5 nitrogen and oxygen atoms in total. The van der Waals surface area contributed by atoms with Crippen molar-refractivity contribution in [2.45, 2.75) is 46.2 Å². The molecular weight excluding hydrogens is 206 g/mol. The monoisotopic (exact) mass is 225 g/mol. The van der Waals surface area contributed by atoms with Gasteiger partial charge in [0, 0.05) is 0 Å². The Balaban J connectivity index is 2.42. The third-order valence-electron chi connectivity index (χ3n) is 2.42. The molecular formula is C11H19N3O2. The van der Waals surface area contributed by atoms with Gasteiger partial charge >= 0.3 is 0 Å². The number of hydrogen-bond donors (Lipinski definition) is 2. The molecule has 0 radical (unpaired) electrons. The van der Waals surface area contributed by atoms with Crippen molar-refractivity contribution in [2.75, 3.05) is 0 Å². The fourth-order valence-electron chi connectivity index (χ4n) is 1.35. The summed E-state index contributed by atoms with van der Waals surface area (Å²) in [6.45, 7) is 6.00. The summed E-state index contributed by atoms with van der Waals surface area (Å²) >= 11 is 0. The zero-order chi connectivity index (χ0) is 12.1. The van der Waals surface area contributed by atoms with Gasteiger partial charge < -0.3 is 15.5 Å². The molecule has 1 amide bonds. The molecule has 0 aromatic carbocycles. The van der Waals surface area contributed by atoms with Crippen LogP contribution in [0.15, 0.2) is 4.42 Å². The van der Waals surface area contributed by atoms with Gasteiger partial charge in [-0.2, -0.15) is 0 Å². The second kappa shape index (κ2) is 5.65. The van der Waals surface area contributed by atoms with E-state index in [4.69, 9.17) is 10.2 Å². The molecule has 3 N–H and O–H groups in total. The maximum Gasteiger partial charge on any atom is 0.237 e. The molecule has 5 heteroatoms. The first-order valence-corrected chi connectivity index (χ1v) is 5.50. The van der Waals surface area contributed by atoms with E-state index in [0.717, 1.165) is 17.9 Å². The van der Waals surface area contributed by atoms with Crippen LogP contribution in [0.3, 0.4) is 0 Å². The molecule has 0 aliphatic heterocycles. The third-order valence-corrected chi connectivity index (χ3v) is 2.42. The van der Waals surface area contributed by atoms with Gasteiger partial charge in [0.25, 0.3) is 0 Å². The van der Waals surface area contributed by atoms with Crippen LogP contribution in [-0.4, -0.2) is 16.9 Å². The van der Waals surface area contributed by atoms with Gasteiger partial charge in [-0.3, -0.25) is 4.79 Å². The smallest absolute Gasteiger partial charge is 0.237 e. The number of carbonyl (C=O) groups excluding carboxylic acids is 1. The summed E-state index contributed by atoms with van der Waals surface area (Å²) < 4.78 is 5.34. The third kappa shape index (κ3) is 3.34. The van der Waals surface area contributed by atoms with Gasteiger partial charge in [0.15, 0.2) is 0 Å². The van der Waals surface area contributed by atoms with Crippen molar-refractivity contribution in [3.63, 3.8) is 0 Å². The van der Waals surface area contributed by atoms with E-state index < -0.39 is 6.04 Å². The minimum atomic E-state index is -0.442. The molecule has 0 fully saturated rings. The molecule has 0 unspecified atom stereocenters. The summed E-state index contributed by atoms with van der Waals surface area (Å²) in [5.41, 5.74) is 6.51. The van der Waals surface area contributed by atoms with E-state index in [1.807, 2.05) is 20.8 Å². The lowest BCUT2D eigenvalue weighted by Crippen LogP contribution is -2.40. The Kier molecular flexibility index (Phi) is 4.49. The topological polar surface area (TPSA) is 81.2 Å². The SMILES string of the molecule is CCC[C@@H](N)C(=O)NCc1nc(C)c(C)o1. The van der Waals surface area contributed by atoms with Gasteiger partial charge in [0.2, 0.25) is 11.8 Å². The fourth-order valence-corrected chi connectivity index (χ4v) is 1.35. The average Bonchev–Trinajstić information content (AvgIpc) is 2.55. The van der Waals surface area contributed by atoms with E-state index in [1.165, 1.54) is 0 Å².